The van der Waals surface area contributed by atoms with Crippen LogP contribution < -0.4 is 10.4 Å². The van der Waals surface area contributed by atoms with Gasteiger partial charge in [0.1, 0.15) is 4.90 Å². The molecule has 8 rings (SSSR count). The minimum Gasteiger partial charge on any atom is -0.392 e. The summed E-state index contributed by atoms with van der Waals surface area (Å²) in [7, 11) is -3.82. The highest BCUT2D eigenvalue weighted by Crippen LogP contribution is 2.42. The number of nitrogens with one attached hydrogen (secondary N) is 2. The second kappa shape index (κ2) is 15.0. The Kier molecular flexibility index (Phi) is 9.99. The monoisotopic (exact) mass is 733 g/mol. The van der Waals surface area contributed by atoms with E-state index in [4.69, 9.17) is 9.47 Å². The van der Waals surface area contributed by atoms with E-state index in [1.54, 1.807) is 24.4 Å². The summed E-state index contributed by atoms with van der Waals surface area (Å²) in [5.74, 6) is 0.0254. The molecule has 1 unspecified atom stereocenters. The van der Waals surface area contributed by atoms with Crippen LogP contribution in [0, 0.1) is 5.92 Å². The highest BCUT2D eigenvalue weighted by Gasteiger charge is 2.39. The van der Waals surface area contributed by atoms with Crippen molar-refractivity contribution in [3.8, 4) is 0 Å². The first-order chi connectivity index (χ1) is 25.8. The van der Waals surface area contributed by atoms with E-state index in [0.717, 1.165) is 64.6 Å². The molecule has 2 aliphatic rings. The largest absolute Gasteiger partial charge is 0.392 e. The van der Waals surface area contributed by atoms with E-state index < -0.39 is 16.3 Å². The molecule has 0 saturated carbocycles. The first-order valence-corrected chi connectivity index (χ1v) is 19.6. The van der Waals surface area contributed by atoms with Crippen molar-refractivity contribution in [3.05, 3.63) is 142 Å². The molecule has 274 valence electrons. The third-order valence-corrected chi connectivity index (χ3v) is 12.1. The van der Waals surface area contributed by atoms with Gasteiger partial charge in [0, 0.05) is 55.3 Å². The molecule has 4 atom stereocenters. The zero-order chi connectivity index (χ0) is 36.5. The number of aliphatic hydroxyl groups is 1. The van der Waals surface area contributed by atoms with E-state index in [1.807, 2.05) is 89.5 Å². The van der Waals surface area contributed by atoms with Gasteiger partial charge < -0.3 is 24.5 Å². The fourth-order valence-corrected chi connectivity index (χ4v) is 8.92. The average molecular weight is 734 g/mol. The average Bonchev–Trinajstić information content (AvgIpc) is 3.53. The maximum Gasteiger partial charge on any atom is 0.326 e. The Labute approximate surface area is 308 Å². The first-order valence-electron chi connectivity index (χ1n) is 18.1. The third-order valence-electron chi connectivity index (χ3n) is 10.7. The highest BCUT2D eigenvalue weighted by molar-refractivity contribution is 7.89. The Hall–Kier alpha value is -4.69. The van der Waals surface area contributed by atoms with Gasteiger partial charge in [-0.05, 0) is 53.8 Å². The molecule has 2 fully saturated rings. The number of aromatic amines is 1. The van der Waals surface area contributed by atoms with Crippen molar-refractivity contribution < 1.29 is 23.0 Å². The maximum absolute atomic E-state index is 13.3. The Bertz CT molecular complexity index is 2360. The molecule has 2 saturated heterocycles. The number of H-pyrrole nitrogens is 1. The van der Waals surface area contributed by atoms with Gasteiger partial charge in [-0.1, -0.05) is 85.8 Å². The predicted molar refractivity (Wildman–Crippen MR) is 202 cm³/mol. The van der Waals surface area contributed by atoms with Gasteiger partial charge in [-0.3, -0.25) is 9.55 Å². The van der Waals surface area contributed by atoms with Gasteiger partial charge in [-0.2, -0.15) is 0 Å². The van der Waals surface area contributed by atoms with Gasteiger partial charge in [0.05, 0.1) is 35.4 Å². The third kappa shape index (κ3) is 7.30. The number of piperidine rings is 1. The van der Waals surface area contributed by atoms with E-state index in [1.165, 1.54) is 0 Å². The molecule has 4 aromatic carbocycles. The number of hydrogen-bond donors (Lipinski definition) is 3. The Morgan fingerprint density at radius 2 is 1.58 bits per heavy atom. The number of nitrogens with zero attached hydrogens (tertiary/aromatic N) is 3. The number of para-hydroxylation sites is 3. The fourth-order valence-electron chi connectivity index (χ4n) is 7.72. The van der Waals surface area contributed by atoms with Crippen molar-refractivity contribution in [3.63, 3.8) is 0 Å². The number of likely N-dealkylation sites (tertiary alicyclic amines) is 1. The normalized spacial score (nSPS) is 21.7. The van der Waals surface area contributed by atoms with Gasteiger partial charge in [0.25, 0.3) is 0 Å². The Morgan fingerprint density at radius 3 is 2.36 bits per heavy atom. The zero-order valence-electron chi connectivity index (χ0n) is 29.5. The summed E-state index contributed by atoms with van der Waals surface area (Å²) in [4.78, 5) is 22.7. The summed E-state index contributed by atoms with van der Waals surface area (Å²) in [6.45, 7) is 4.62. The number of ether oxygens (including phenoxy) is 2. The lowest BCUT2D eigenvalue weighted by Crippen LogP contribution is -2.47. The van der Waals surface area contributed by atoms with Crippen molar-refractivity contribution in [2.75, 3.05) is 19.6 Å². The van der Waals surface area contributed by atoms with Crippen LogP contribution in [0.3, 0.4) is 0 Å². The van der Waals surface area contributed by atoms with Gasteiger partial charge >= 0.3 is 5.69 Å². The number of pyridine rings is 1. The van der Waals surface area contributed by atoms with Crippen LogP contribution in [0.5, 0.6) is 0 Å². The number of rotatable bonds is 10. The van der Waals surface area contributed by atoms with E-state index >= 15 is 0 Å². The maximum atomic E-state index is 13.3. The molecule has 0 aliphatic carbocycles. The summed E-state index contributed by atoms with van der Waals surface area (Å²) in [6, 6.07) is 32.2. The standard InChI is InChI=1S/C41H43N5O6S/c1-27-36(25-45-22-19-33(20-23-45)46-35-9-3-2-8-34(35)44-41(46)48)51-40(52-39(27)31-15-13-29(26-47)14-16-31)32-17-11-28(12-18-32)24-43-53(49,50)37-10-4-6-30-7-5-21-42-38(30)37/h2-18,21,27,33,36,39-40,43,47H,19-20,22-26H2,1H3,(H,44,48)/t27-,36+,39+,40?/m0/s1. The number of fused-ring (bicyclic) bond motifs is 2. The van der Waals surface area contributed by atoms with Crippen molar-refractivity contribution in [1.29, 1.82) is 0 Å². The van der Waals surface area contributed by atoms with Crippen LogP contribution in [-0.4, -0.2) is 58.7 Å². The van der Waals surface area contributed by atoms with Crippen molar-refractivity contribution >= 4 is 32.0 Å². The predicted octanol–water partition coefficient (Wildman–Crippen LogP) is 5.98. The Balaban J connectivity index is 0.972. The number of benzene rings is 4. The number of aromatic nitrogens is 3. The molecule has 4 heterocycles. The summed E-state index contributed by atoms with van der Waals surface area (Å²) in [6.07, 6.45) is 2.26. The van der Waals surface area contributed by atoms with E-state index in [0.29, 0.717) is 12.1 Å². The molecule has 0 radical (unpaired) electrons. The summed E-state index contributed by atoms with van der Waals surface area (Å²) in [5.41, 5.74) is 5.65. The summed E-state index contributed by atoms with van der Waals surface area (Å²) < 4.78 is 44.6. The van der Waals surface area contributed by atoms with Crippen LogP contribution in [0.15, 0.2) is 119 Å². The minimum atomic E-state index is -3.82. The lowest BCUT2D eigenvalue weighted by molar-refractivity contribution is -0.276. The molecule has 0 bridgehead atoms. The van der Waals surface area contributed by atoms with Crippen LogP contribution in [0.1, 0.15) is 60.5 Å². The second-order valence-electron chi connectivity index (χ2n) is 14.1. The van der Waals surface area contributed by atoms with E-state index in [2.05, 4.69) is 26.5 Å². The minimum absolute atomic E-state index is 0.0254. The first kappa shape index (κ1) is 35.3. The van der Waals surface area contributed by atoms with Crippen molar-refractivity contribution in [1.82, 2.24) is 24.2 Å². The van der Waals surface area contributed by atoms with Gasteiger partial charge in [0.2, 0.25) is 10.0 Å². The van der Waals surface area contributed by atoms with Crippen LogP contribution in [0.25, 0.3) is 21.9 Å². The number of sulfonamides is 1. The molecule has 6 aromatic rings. The molecule has 2 aliphatic heterocycles. The number of imidazole rings is 1. The molecule has 11 nitrogen and oxygen atoms in total. The number of hydrogen-bond acceptors (Lipinski definition) is 8. The second-order valence-corrected chi connectivity index (χ2v) is 15.8. The quantitative estimate of drug-likeness (QED) is 0.157. The molecular weight excluding hydrogens is 691 g/mol. The number of aliphatic hydroxyl groups excluding tert-OH is 1. The lowest BCUT2D eigenvalue weighted by atomic mass is 9.89. The topological polar surface area (TPSA) is 139 Å². The fraction of sp³-hybridized carbons (Fsp3) is 0.317. The van der Waals surface area contributed by atoms with Crippen LogP contribution >= 0.6 is 0 Å². The van der Waals surface area contributed by atoms with Gasteiger partial charge in [-0.15, -0.1) is 0 Å². The zero-order valence-corrected chi connectivity index (χ0v) is 30.3. The SMILES string of the molecule is C[C@H]1[C@@H](CN2CCC(n3c(=O)[nH]c4ccccc43)CC2)OC(c2ccc(CNS(=O)(=O)c3cccc4cccnc34)cc2)O[C@H]1c1ccc(CO)cc1. The van der Waals surface area contributed by atoms with Gasteiger partial charge in [0.15, 0.2) is 6.29 Å². The van der Waals surface area contributed by atoms with Gasteiger partial charge in [-0.25, -0.2) is 17.9 Å². The Morgan fingerprint density at radius 1 is 0.868 bits per heavy atom. The summed E-state index contributed by atoms with van der Waals surface area (Å²) >= 11 is 0. The molecule has 12 heteroatoms. The smallest absolute Gasteiger partial charge is 0.326 e. The highest BCUT2D eigenvalue weighted by atomic mass is 32.2. The molecule has 0 amide bonds. The molecule has 2 aromatic heterocycles. The molecule has 3 N–H and O–H groups in total. The van der Waals surface area contributed by atoms with E-state index in [-0.39, 0.29) is 47.9 Å². The molecular formula is C41H43N5O6S. The van der Waals surface area contributed by atoms with Crippen LogP contribution in [0.2, 0.25) is 0 Å². The van der Waals surface area contributed by atoms with Crippen molar-refractivity contribution in [2.45, 2.75) is 62.4 Å². The summed E-state index contributed by atoms with van der Waals surface area (Å²) in [5, 5.41) is 10.4. The van der Waals surface area contributed by atoms with Crippen molar-refractivity contribution in [2.24, 2.45) is 5.92 Å². The lowest BCUT2D eigenvalue weighted by Gasteiger charge is -2.44. The molecule has 53 heavy (non-hydrogen) atoms. The van der Waals surface area contributed by atoms with Crippen LogP contribution in [-0.2, 0) is 32.6 Å². The van der Waals surface area contributed by atoms with Crippen LogP contribution in [0.4, 0.5) is 0 Å². The molecule has 0 spiro atoms. The van der Waals surface area contributed by atoms with E-state index in [9.17, 15) is 18.3 Å².